The van der Waals surface area contributed by atoms with Gasteiger partial charge in [0.15, 0.2) is 0 Å². The van der Waals surface area contributed by atoms with Gasteiger partial charge in [0.05, 0.1) is 24.4 Å². The number of carbonyl (C=O) groups is 1. The lowest BCUT2D eigenvalue weighted by Crippen LogP contribution is -2.27. The number of benzene rings is 1. The van der Waals surface area contributed by atoms with Crippen molar-refractivity contribution < 1.29 is 9.32 Å². The fourth-order valence-electron chi connectivity index (χ4n) is 2.21. The number of likely N-dealkylation sites (N-methyl/N-ethyl adjacent to an activating group) is 1. The van der Waals surface area contributed by atoms with Crippen LogP contribution in [0, 0.1) is 6.92 Å². The van der Waals surface area contributed by atoms with Crippen LogP contribution in [-0.4, -0.2) is 28.0 Å². The molecule has 3 rings (SSSR count). The van der Waals surface area contributed by atoms with Crippen molar-refractivity contribution >= 4 is 17.2 Å². The number of hydrogen-bond donors (Lipinski definition) is 0. The molecule has 5 nitrogen and oxygen atoms in total. The number of carbonyl (C=O) groups excluding carboxylic acids is 1. The molecule has 3 aromatic rings. The molecule has 0 aliphatic carbocycles. The smallest absolute Gasteiger partial charge is 0.230 e. The molecule has 0 unspecified atom stereocenters. The third kappa shape index (κ3) is 3.84. The number of hydrogen-bond acceptors (Lipinski definition) is 5. The van der Waals surface area contributed by atoms with Crippen molar-refractivity contribution in [3.63, 3.8) is 0 Å². The van der Waals surface area contributed by atoms with Gasteiger partial charge in [-0.05, 0) is 6.92 Å². The Bertz CT molecular complexity index is 795. The van der Waals surface area contributed by atoms with Gasteiger partial charge in [0.25, 0.3) is 0 Å². The van der Waals surface area contributed by atoms with Gasteiger partial charge in [0.2, 0.25) is 5.91 Å². The van der Waals surface area contributed by atoms with E-state index in [1.165, 1.54) is 0 Å². The summed E-state index contributed by atoms with van der Waals surface area (Å²) < 4.78 is 5.09. The predicted molar refractivity (Wildman–Crippen MR) is 89.0 cm³/mol. The van der Waals surface area contributed by atoms with Gasteiger partial charge in [-0.2, -0.15) is 0 Å². The summed E-state index contributed by atoms with van der Waals surface area (Å²) in [6.07, 6.45) is 0.215. The van der Waals surface area contributed by atoms with Crippen LogP contribution < -0.4 is 0 Å². The maximum absolute atomic E-state index is 12.2. The average molecular weight is 327 g/mol. The zero-order chi connectivity index (χ0) is 16.2. The quantitative estimate of drug-likeness (QED) is 0.721. The van der Waals surface area contributed by atoms with Crippen molar-refractivity contribution in [2.45, 2.75) is 19.9 Å². The van der Waals surface area contributed by atoms with E-state index in [0.29, 0.717) is 12.3 Å². The molecule has 23 heavy (non-hydrogen) atoms. The van der Waals surface area contributed by atoms with Crippen molar-refractivity contribution in [1.82, 2.24) is 15.0 Å². The first-order chi connectivity index (χ1) is 11.1. The fourth-order valence-corrected chi connectivity index (χ4v) is 3.02. The van der Waals surface area contributed by atoms with E-state index in [1.807, 2.05) is 42.6 Å². The van der Waals surface area contributed by atoms with Gasteiger partial charge in [-0.1, -0.05) is 35.5 Å². The Morgan fingerprint density at radius 3 is 2.78 bits per heavy atom. The first-order valence-corrected chi connectivity index (χ1v) is 8.16. The third-order valence-electron chi connectivity index (χ3n) is 3.40. The van der Waals surface area contributed by atoms with Crippen LogP contribution >= 0.6 is 11.3 Å². The Balaban J connectivity index is 1.62. The van der Waals surface area contributed by atoms with Crippen LogP contribution in [0.15, 0.2) is 46.3 Å². The lowest BCUT2D eigenvalue weighted by atomic mass is 10.2. The van der Waals surface area contributed by atoms with Gasteiger partial charge >= 0.3 is 0 Å². The minimum Gasteiger partial charge on any atom is -0.361 e. The predicted octanol–water partition coefficient (Wildman–Crippen LogP) is 3.31. The van der Waals surface area contributed by atoms with Gasteiger partial charge in [0, 0.05) is 24.1 Å². The lowest BCUT2D eigenvalue weighted by Gasteiger charge is -2.14. The molecule has 0 aliphatic heterocycles. The van der Waals surface area contributed by atoms with Crippen LogP contribution in [0.25, 0.3) is 10.6 Å². The molecule has 6 heteroatoms. The van der Waals surface area contributed by atoms with E-state index < -0.39 is 0 Å². The lowest BCUT2D eigenvalue weighted by molar-refractivity contribution is -0.130. The summed E-state index contributed by atoms with van der Waals surface area (Å²) in [6.45, 7) is 2.32. The van der Waals surface area contributed by atoms with E-state index >= 15 is 0 Å². The summed E-state index contributed by atoms with van der Waals surface area (Å²) in [5.74, 6) is 0.568. The standard InChI is InChI=1S/C17H17N3O2S/c1-12-8-15(22-19-12)9-16(21)20(2)10-14-11-23-17(18-14)13-6-4-3-5-7-13/h3-8,11H,9-10H2,1-2H3. The van der Waals surface area contributed by atoms with Crippen LogP contribution in [0.4, 0.5) is 0 Å². The highest BCUT2D eigenvalue weighted by atomic mass is 32.1. The molecule has 0 radical (unpaired) electrons. The number of rotatable bonds is 5. The highest BCUT2D eigenvalue weighted by Crippen LogP contribution is 2.23. The summed E-state index contributed by atoms with van der Waals surface area (Å²) in [5.41, 5.74) is 2.76. The molecule has 0 aliphatic rings. The van der Waals surface area contributed by atoms with Crippen LogP contribution in [0.3, 0.4) is 0 Å². The maximum atomic E-state index is 12.2. The minimum absolute atomic E-state index is 0.0181. The Kier molecular flexibility index (Phi) is 4.52. The molecule has 0 atom stereocenters. The normalized spacial score (nSPS) is 10.7. The number of nitrogens with zero attached hydrogens (tertiary/aromatic N) is 3. The highest BCUT2D eigenvalue weighted by Gasteiger charge is 2.14. The molecule has 0 N–H and O–H groups in total. The second-order valence-corrected chi connectivity index (χ2v) is 6.23. The molecule has 1 aromatic carbocycles. The average Bonchev–Trinajstić information content (AvgIpc) is 3.17. The molecular weight excluding hydrogens is 310 g/mol. The molecule has 0 spiro atoms. The van der Waals surface area contributed by atoms with Crippen molar-refractivity contribution in [2.75, 3.05) is 7.05 Å². The van der Waals surface area contributed by atoms with Gasteiger partial charge in [-0.25, -0.2) is 4.98 Å². The van der Waals surface area contributed by atoms with Crippen molar-refractivity contribution in [2.24, 2.45) is 0 Å². The maximum Gasteiger partial charge on any atom is 0.230 e. The van der Waals surface area contributed by atoms with Crippen LogP contribution in [0.1, 0.15) is 17.1 Å². The Hall–Kier alpha value is -2.47. The number of aromatic nitrogens is 2. The molecule has 2 heterocycles. The van der Waals surface area contributed by atoms with Gasteiger partial charge in [-0.3, -0.25) is 4.79 Å². The first kappa shape index (κ1) is 15.4. The molecule has 0 saturated heterocycles. The second kappa shape index (κ2) is 6.75. The number of amides is 1. The zero-order valence-corrected chi connectivity index (χ0v) is 13.8. The largest absolute Gasteiger partial charge is 0.361 e. The first-order valence-electron chi connectivity index (χ1n) is 7.28. The molecule has 1 amide bonds. The van der Waals surface area contributed by atoms with Crippen LogP contribution in [0.2, 0.25) is 0 Å². The summed E-state index contributed by atoms with van der Waals surface area (Å²) in [6, 6.07) is 11.8. The van der Waals surface area contributed by atoms with E-state index in [9.17, 15) is 4.79 Å². The summed E-state index contributed by atoms with van der Waals surface area (Å²) >= 11 is 1.59. The van der Waals surface area contributed by atoms with E-state index in [2.05, 4.69) is 10.1 Å². The summed E-state index contributed by atoms with van der Waals surface area (Å²) in [7, 11) is 1.77. The molecule has 0 bridgehead atoms. The topological polar surface area (TPSA) is 59.2 Å². The van der Waals surface area contributed by atoms with Gasteiger partial charge in [0.1, 0.15) is 10.8 Å². The van der Waals surface area contributed by atoms with E-state index in [0.717, 1.165) is 22.0 Å². The molecule has 0 saturated carbocycles. The molecule has 2 aromatic heterocycles. The minimum atomic E-state index is -0.0181. The molecule has 118 valence electrons. The fraction of sp³-hybridized carbons (Fsp3) is 0.235. The van der Waals surface area contributed by atoms with E-state index in [4.69, 9.17) is 4.52 Å². The summed E-state index contributed by atoms with van der Waals surface area (Å²) in [4.78, 5) is 18.5. The SMILES string of the molecule is Cc1cc(CC(=O)N(C)Cc2csc(-c3ccccc3)n2)on1. The monoisotopic (exact) mass is 327 g/mol. The van der Waals surface area contributed by atoms with Gasteiger partial charge in [-0.15, -0.1) is 11.3 Å². The molecule has 0 fully saturated rings. The van der Waals surface area contributed by atoms with Crippen molar-refractivity contribution in [3.05, 3.63) is 58.9 Å². The van der Waals surface area contributed by atoms with Crippen LogP contribution in [-0.2, 0) is 17.8 Å². The zero-order valence-electron chi connectivity index (χ0n) is 13.0. The highest BCUT2D eigenvalue weighted by molar-refractivity contribution is 7.13. The van der Waals surface area contributed by atoms with E-state index in [-0.39, 0.29) is 12.3 Å². The van der Waals surface area contributed by atoms with E-state index in [1.54, 1.807) is 29.4 Å². The summed E-state index contributed by atoms with van der Waals surface area (Å²) in [5, 5.41) is 6.75. The van der Waals surface area contributed by atoms with Crippen molar-refractivity contribution in [1.29, 1.82) is 0 Å². The van der Waals surface area contributed by atoms with Crippen molar-refractivity contribution in [3.8, 4) is 10.6 Å². The second-order valence-electron chi connectivity index (χ2n) is 5.37. The Labute approximate surface area is 138 Å². The van der Waals surface area contributed by atoms with Gasteiger partial charge < -0.3 is 9.42 Å². The van der Waals surface area contributed by atoms with Crippen LogP contribution in [0.5, 0.6) is 0 Å². The Morgan fingerprint density at radius 2 is 2.09 bits per heavy atom. The Morgan fingerprint density at radius 1 is 1.30 bits per heavy atom. The number of thiazole rings is 1. The molecular formula is C17H17N3O2S. The third-order valence-corrected chi connectivity index (χ3v) is 4.34. The number of aryl methyl sites for hydroxylation is 1.